The third-order valence-corrected chi connectivity index (χ3v) is 4.82. The molecule has 7 heteroatoms. The molecule has 1 aliphatic carbocycles. The fraction of sp³-hybridized carbons (Fsp3) is 0.263. The highest BCUT2D eigenvalue weighted by molar-refractivity contribution is 6.44. The molecule has 26 heavy (non-hydrogen) atoms. The van der Waals surface area contributed by atoms with Gasteiger partial charge < -0.3 is 4.42 Å². The minimum Gasteiger partial charge on any atom is -0.423 e. The van der Waals surface area contributed by atoms with Gasteiger partial charge in [-0.25, -0.2) is 9.59 Å². The zero-order chi connectivity index (χ0) is 18.4. The van der Waals surface area contributed by atoms with Gasteiger partial charge in [-0.2, -0.15) is 0 Å². The van der Waals surface area contributed by atoms with E-state index in [1.54, 1.807) is 0 Å². The summed E-state index contributed by atoms with van der Waals surface area (Å²) in [5.74, 6) is -1.79. The van der Waals surface area contributed by atoms with Crippen molar-refractivity contribution in [3.63, 3.8) is 0 Å². The molecule has 0 radical (unpaired) electrons. The topological polar surface area (TPSA) is 87.9 Å². The molecule has 1 saturated heterocycles. The first kappa shape index (κ1) is 16.3. The van der Waals surface area contributed by atoms with Crippen LogP contribution in [0.1, 0.15) is 23.1 Å². The average molecular weight is 352 g/mol. The highest BCUT2D eigenvalue weighted by Gasteiger charge is 2.43. The second-order valence-electron chi connectivity index (χ2n) is 6.44. The van der Waals surface area contributed by atoms with Crippen LogP contribution in [0.25, 0.3) is 11.0 Å². The number of rotatable bonds is 4. The van der Waals surface area contributed by atoms with Gasteiger partial charge in [0.25, 0.3) is 0 Å². The Morgan fingerprint density at radius 1 is 1.00 bits per heavy atom. The number of nitrogens with zero attached hydrogens (tertiary/aromatic N) is 2. The maximum absolute atomic E-state index is 12.4. The summed E-state index contributed by atoms with van der Waals surface area (Å²) in [5, 5.41) is 0.681. The summed E-state index contributed by atoms with van der Waals surface area (Å²) in [5.41, 5.74) is 2.69. The molecule has 0 N–H and O–H groups in total. The van der Waals surface area contributed by atoms with E-state index in [9.17, 15) is 19.2 Å². The van der Waals surface area contributed by atoms with Gasteiger partial charge in [-0.1, -0.05) is 6.08 Å². The van der Waals surface area contributed by atoms with E-state index in [0.717, 1.165) is 34.6 Å². The molecule has 2 heterocycles. The van der Waals surface area contributed by atoms with Gasteiger partial charge in [-0.05, 0) is 48.1 Å². The van der Waals surface area contributed by atoms with E-state index in [2.05, 4.69) is 6.58 Å². The quantitative estimate of drug-likeness (QED) is 0.362. The molecule has 1 aliphatic heterocycles. The smallest absolute Gasteiger partial charge is 0.336 e. The monoisotopic (exact) mass is 352 g/mol. The Morgan fingerprint density at radius 3 is 2.42 bits per heavy atom. The van der Waals surface area contributed by atoms with Crippen molar-refractivity contribution >= 4 is 28.8 Å². The number of fused-ring (bicyclic) bond motifs is 2. The molecule has 7 nitrogen and oxygen atoms in total. The Hall–Kier alpha value is -3.22. The number of benzene rings is 1. The van der Waals surface area contributed by atoms with Crippen LogP contribution in [0.3, 0.4) is 0 Å². The highest BCUT2D eigenvalue weighted by atomic mass is 16.4. The second kappa shape index (κ2) is 5.94. The van der Waals surface area contributed by atoms with Gasteiger partial charge in [0.2, 0.25) is 0 Å². The van der Waals surface area contributed by atoms with Crippen molar-refractivity contribution in [1.29, 1.82) is 0 Å². The van der Waals surface area contributed by atoms with Gasteiger partial charge in [0, 0.05) is 18.0 Å². The van der Waals surface area contributed by atoms with Crippen LogP contribution in [0.2, 0.25) is 0 Å². The van der Waals surface area contributed by atoms with E-state index in [0.29, 0.717) is 16.5 Å². The van der Waals surface area contributed by atoms with Crippen LogP contribution in [0, 0.1) is 0 Å². The predicted octanol–water partition coefficient (Wildman–Crippen LogP) is 1.76. The summed E-state index contributed by atoms with van der Waals surface area (Å²) in [6, 6.07) is 4.36. The first-order valence-corrected chi connectivity index (χ1v) is 8.36. The number of hydrogen-bond donors (Lipinski definition) is 0. The Labute approximate surface area is 148 Å². The summed E-state index contributed by atoms with van der Waals surface area (Å²) < 4.78 is 5.29. The van der Waals surface area contributed by atoms with Crippen molar-refractivity contribution in [2.75, 3.05) is 6.54 Å². The number of hydrogen-bond acceptors (Lipinski definition) is 5. The Bertz CT molecular complexity index is 1040. The fourth-order valence-electron chi connectivity index (χ4n) is 3.58. The molecule has 0 unspecified atom stereocenters. The highest BCUT2D eigenvalue weighted by Crippen LogP contribution is 2.29. The second-order valence-corrected chi connectivity index (χ2v) is 6.44. The van der Waals surface area contributed by atoms with Crippen molar-refractivity contribution in [2.24, 2.45) is 0 Å². The average Bonchev–Trinajstić information content (AvgIpc) is 3.14. The zero-order valence-electron chi connectivity index (χ0n) is 14.0. The van der Waals surface area contributed by atoms with E-state index in [-0.39, 0.29) is 13.1 Å². The Balaban J connectivity index is 1.77. The van der Waals surface area contributed by atoms with Crippen LogP contribution < -0.4 is 5.63 Å². The number of urea groups is 1. The summed E-state index contributed by atoms with van der Waals surface area (Å²) in [7, 11) is 0. The predicted molar refractivity (Wildman–Crippen MR) is 92.4 cm³/mol. The molecule has 2 aromatic rings. The van der Waals surface area contributed by atoms with Crippen molar-refractivity contribution in [1.82, 2.24) is 9.80 Å². The third kappa shape index (κ3) is 2.44. The normalized spacial score (nSPS) is 16.7. The summed E-state index contributed by atoms with van der Waals surface area (Å²) in [6.07, 6.45) is 4.30. The van der Waals surface area contributed by atoms with Crippen molar-refractivity contribution in [2.45, 2.75) is 25.8 Å². The molecular weight excluding hydrogens is 336 g/mol. The number of carbonyl (C=O) groups is 3. The number of amides is 4. The molecule has 0 bridgehead atoms. The molecule has 4 amide bonds. The van der Waals surface area contributed by atoms with Crippen molar-refractivity contribution in [3.05, 3.63) is 58.0 Å². The van der Waals surface area contributed by atoms with Crippen LogP contribution >= 0.6 is 0 Å². The van der Waals surface area contributed by atoms with Crippen molar-refractivity contribution in [3.8, 4) is 0 Å². The summed E-state index contributed by atoms with van der Waals surface area (Å²) in [4.78, 5) is 50.2. The first-order valence-electron chi connectivity index (χ1n) is 8.36. The van der Waals surface area contributed by atoms with E-state index in [1.807, 2.05) is 12.1 Å². The molecule has 0 saturated carbocycles. The van der Waals surface area contributed by atoms with Gasteiger partial charge in [-0.15, -0.1) is 6.58 Å². The molecule has 132 valence electrons. The SMILES string of the molecule is C=CCN1C(=O)C(=O)N(Cc2cc(=O)oc3cc4c(cc23)CCC4)C1=O. The van der Waals surface area contributed by atoms with Gasteiger partial charge in [0.05, 0.1) is 6.54 Å². The minimum atomic E-state index is -0.903. The van der Waals surface area contributed by atoms with E-state index in [4.69, 9.17) is 4.42 Å². The van der Waals surface area contributed by atoms with Crippen LogP contribution in [0.15, 0.2) is 40.1 Å². The maximum atomic E-state index is 12.4. The standard InChI is InChI=1S/C19H16N2O5/c1-2-6-20-17(23)18(24)21(19(20)25)10-13-9-16(22)26-15-8-12-5-3-4-11(12)7-14(13)15/h2,7-9H,1,3-6,10H2. The minimum absolute atomic E-state index is 0.0366. The van der Waals surface area contributed by atoms with Gasteiger partial charge >= 0.3 is 23.5 Å². The summed E-state index contributed by atoms with van der Waals surface area (Å²) >= 11 is 0. The zero-order valence-corrected chi connectivity index (χ0v) is 14.0. The Kier molecular flexibility index (Phi) is 3.72. The number of imide groups is 2. The lowest BCUT2D eigenvalue weighted by Crippen LogP contribution is -2.33. The molecule has 1 aromatic carbocycles. The molecule has 1 fully saturated rings. The molecular formula is C19H16N2O5. The van der Waals surface area contributed by atoms with Crippen molar-refractivity contribution < 1.29 is 18.8 Å². The lowest BCUT2D eigenvalue weighted by atomic mass is 10.0. The molecule has 2 aliphatic rings. The molecule has 4 rings (SSSR count). The maximum Gasteiger partial charge on any atom is 0.336 e. The summed E-state index contributed by atoms with van der Waals surface area (Å²) in [6.45, 7) is 3.29. The lowest BCUT2D eigenvalue weighted by Gasteiger charge is -2.15. The molecule has 0 spiro atoms. The van der Waals surface area contributed by atoms with E-state index >= 15 is 0 Å². The third-order valence-electron chi connectivity index (χ3n) is 4.82. The van der Waals surface area contributed by atoms with Crippen LogP contribution in [-0.2, 0) is 29.0 Å². The van der Waals surface area contributed by atoms with Gasteiger partial charge in [-0.3, -0.25) is 19.4 Å². The van der Waals surface area contributed by atoms with Crippen LogP contribution in [-0.4, -0.2) is 34.2 Å². The first-order chi connectivity index (χ1) is 12.5. The van der Waals surface area contributed by atoms with Gasteiger partial charge in [0.1, 0.15) is 5.58 Å². The van der Waals surface area contributed by atoms with E-state index in [1.165, 1.54) is 17.7 Å². The Morgan fingerprint density at radius 2 is 1.69 bits per heavy atom. The lowest BCUT2D eigenvalue weighted by molar-refractivity contribution is -0.143. The van der Waals surface area contributed by atoms with E-state index < -0.39 is 23.5 Å². The molecule has 0 atom stereocenters. The number of aryl methyl sites for hydroxylation is 2. The van der Waals surface area contributed by atoms with Crippen LogP contribution in [0.4, 0.5) is 4.79 Å². The largest absolute Gasteiger partial charge is 0.423 e. The molecule has 1 aromatic heterocycles. The fourth-order valence-corrected chi connectivity index (χ4v) is 3.58. The number of carbonyl (C=O) groups excluding carboxylic acids is 3. The van der Waals surface area contributed by atoms with Crippen LogP contribution in [0.5, 0.6) is 0 Å². The van der Waals surface area contributed by atoms with Gasteiger partial charge in [0.15, 0.2) is 0 Å².